The Balaban J connectivity index is 2.18. The highest BCUT2D eigenvalue weighted by atomic mass is 16.4. The number of hydrogen-bond donors (Lipinski definition) is 2. The molecule has 1 aromatic heterocycles. The quantitative estimate of drug-likeness (QED) is 0.854. The van der Waals surface area contributed by atoms with Crippen LogP contribution in [-0.4, -0.2) is 45.2 Å². The number of hydrogen-bond acceptors (Lipinski definition) is 3. The third kappa shape index (κ3) is 2.90. The number of benzene rings is 1. The van der Waals surface area contributed by atoms with E-state index < -0.39 is 5.97 Å². The molecular formula is C13H15N3O3. The molecule has 6 nitrogen and oxygen atoms in total. The summed E-state index contributed by atoms with van der Waals surface area (Å²) < 4.78 is 0. The summed E-state index contributed by atoms with van der Waals surface area (Å²) in [6.07, 6.45) is 1.64. The minimum atomic E-state index is -0.907. The number of amides is 1. The van der Waals surface area contributed by atoms with Gasteiger partial charge in [-0.1, -0.05) is 6.07 Å². The van der Waals surface area contributed by atoms with E-state index in [4.69, 9.17) is 5.11 Å². The molecule has 0 fully saturated rings. The number of nitrogens with one attached hydrogen (secondary N) is 1. The molecule has 100 valence electrons. The third-order valence-corrected chi connectivity index (χ3v) is 2.95. The summed E-state index contributed by atoms with van der Waals surface area (Å²) >= 11 is 0. The van der Waals surface area contributed by atoms with Crippen molar-refractivity contribution in [3.8, 4) is 0 Å². The summed E-state index contributed by atoms with van der Waals surface area (Å²) in [6, 6.07) is 5.27. The number of carbonyl (C=O) groups is 2. The highest BCUT2D eigenvalue weighted by Gasteiger charge is 2.15. The van der Waals surface area contributed by atoms with Crippen molar-refractivity contribution in [1.29, 1.82) is 0 Å². The smallest absolute Gasteiger partial charge is 0.305 e. The first kappa shape index (κ1) is 13.1. The second kappa shape index (κ2) is 5.51. The summed E-state index contributed by atoms with van der Waals surface area (Å²) in [5.74, 6) is -1.07. The van der Waals surface area contributed by atoms with Crippen LogP contribution in [0.4, 0.5) is 0 Å². The van der Waals surface area contributed by atoms with Crippen molar-refractivity contribution in [2.45, 2.75) is 13.3 Å². The van der Waals surface area contributed by atoms with E-state index >= 15 is 0 Å². The number of aliphatic carboxylic acids is 1. The molecule has 0 saturated heterocycles. The molecule has 0 aliphatic rings. The van der Waals surface area contributed by atoms with Gasteiger partial charge in [0.25, 0.3) is 5.91 Å². The first-order chi connectivity index (χ1) is 9.11. The van der Waals surface area contributed by atoms with E-state index in [-0.39, 0.29) is 18.9 Å². The fourth-order valence-electron chi connectivity index (χ4n) is 1.89. The number of aromatic amines is 1. The zero-order chi connectivity index (χ0) is 13.8. The molecule has 2 aromatic rings. The average Bonchev–Trinajstić information content (AvgIpc) is 2.85. The Morgan fingerprint density at radius 3 is 2.89 bits per heavy atom. The molecule has 0 aliphatic heterocycles. The molecule has 0 bridgehead atoms. The van der Waals surface area contributed by atoms with Crippen LogP contribution in [0.3, 0.4) is 0 Å². The van der Waals surface area contributed by atoms with Gasteiger partial charge in [-0.25, -0.2) is 0 Å². The maximum absolute atomic E-state index is 12.3. The highest BCUT2D eigenvalue weighted by Crippen LogP contribution is 2.14. The monoisotopic (exact) mass is 261 g/mol. The molecule has 0 unspecified atom stereocenters. The van der Waals surface area contributed by atoms with Crippen molar-refractivity contribution >= 4 is 22.8 Å². The van der Waals surface area contributed by atoms with E-state index in [0.29, 0.717) is 12.1 Å². The predicted octanol–water partition coefficient (Wildman–Crippen LogP) is 1.50. The molecule has 1 heterocycles. The lowest BCUT2D eigenvalue weighted by molar-refractivity contribution is -0.137. The van der Waals surface area contributed by atoms with Crippen molar-refractivity contribution in [2.75, 3.05) is 13.1 Å². The lowest BCUT2D eigenvalue weighted by Gasteiger charge is -2.19. The Morgan fingerprint density at radius 1 is 1.42 bits per heavy atom. The standard InChI is InChI=1S/C13H15N3O3/c1-2-16(6-5-12(17)18)13(19)9-3-4-10-8-14-15-11(10)7-9/h3-4,7-8H,2,5-6H2,1H3,(H,14,15)(H,17,18). The molecule has 0 atom stereocenters. The predicted molar refractivity (Wildman–Crippen MR) is 69.9 cm³/mol. The van der Waals surface area contributed by atoms with Gasteiger partial charge in [0, 0.05) is 24.0 Å². The number of carboxylic acids is 1. The van der Waals surface area contributed by atoms with Crippen molar-refractivity contribution in [3.05, 3.63) is 30.0 Å². The van der Waals surface area contributed by atoms with Crippen molar-refractivity contribution in [2.24, 2.45) is 0 Å². The maximum Gasteiger partial charge on any atom is 0.305 e. The number of fused-ring (bicyclic) bond motifs is 1. The molecule has 19 heavy (non-hydrogen) atoms. The van der Waals surface area contributed by atoms with Crippen molar-refractivity contribution in [1.82, 2.24) is 15.1 Å². The van der Waals surface area contributed by atoms with Gasteiger partial charge in [0.05, 0.1) is 18.1 Å². The molecule has 0 radical (unpaired) electrons. The Morgan fingerprint density at radius 2 is 2.21 bits per heavy atom. The number of carbonyl (C=O) groups excluding carboxylic acids is 1. The molecule has 0 aliphatic carbocycles. The minimum Gasteiger partial charge on any atom is -0.481 e. The SMILES string of the molecule is CCN(CCC(=O)O)C(=O)c1ccc2cn[nH]c2c1. The summed E-state index contributed by atoms with van der Waals surface area (Å²) in [5.41, 5.74) is 1.32. The van der Waals surface area contributed by atoms with E-state index in [9.17, 15) is 9.59 Å². The Kier molecular flexibility index (Phi) is 3.79. The molecule has 1 aromatic carbocycles. The van der Waals surface area contributed by atoms with E-state index in [2.05, 4.69) is 10.2 Å². The van der Waals surface area contributed by atoms with Gasteiger partial charge in [0.2, 0.25) is 0 Å². The van der Waals surface area contributed by atoms with E-state index in [0.717, 1.165) is 10.9 Å². The number of H-pyrrole nitrogens is 1. The van der Waals surface area contributed by atoms with Gasteiger partial charge in [-0.2, -0.15) is 5.10 Å². The number of aromatic nitrogens is 2. The highest BCUT2D eigenvalue weighted by molar-refractivity contribution is 5.97. The average molecular weight is 261 g/mol. The zero-order valence-corrected chi connectivity index (χ0v) is 10.6. The van der Waals surface area contributed by atoms with Gasteiger partial charge in [-0.15, -0.1) is 0 Å². The van der Waals surface area contributed by atoms with Crippen LogP contribution < -0.4 is 0 Å². The van der Waals surface area contributed by atoms with Crippen LogP contribution in [0.1, 0.15) is 23.7 Å². The summed E-state index contributed by atoms with van der Waals surface area (Å²) in [7, 11) is 0. The lowest BCUT2D eigenvalue weighted by atomic mass is 10.1. The zero-order valence-electron chi connectivity index (χ0n) is 10.6. The second-order valence-electron chi connectivity index (χ2n) is 4.20. The number of nitrogens with zero attached hydrogens (tertiary/aromatic N) is 2. The molecular weight excluding hydrogens is 246 g/mol. The number of carboxylic acid groups (broad SMARTS) is 1. The Labute approximate surface area is 110 Å². The fourth-order valence-corrected chi connectivity index (χ4v) is 1.89. The summed E-state index contributed by atoms with van der Waals surface area (Å²) in [6.45, 7) is 2.52. The van der Waals surface area contributed by atoms with Crippen LogP contribution in [0, 0.1) is 0 Å². The maximum atomic E-state index is 12.3. The summed E-state index contributed by atoms with van der Waals surface area (Å²) in [4.78, 5) is 24.3. The van der Waals surface area contributed by atoms with Gasteiger partial charge in [0.1, 0.15) is 0 Å². The minimum absolute atomic E-state index is 0.0497. The molecule has 0 spiro atoms. The van der Waals surface area contributed by atoms with Crippen molar-refractivity contribution < 1.29 is 14.7 Å². The molecule has 1 amide bonds. The van der Waals surface area contributed by atoms with Crippen LogP contribution >= 0.6 is 0 Å². The van der Waals surface area contributed by atoms with E-state index in [1.54, 1.807) is 18.3 Å². The third-order valence-electron chi connectivity index (χ3n) is 2.95. The van der Waals surface area contributed by atoms with Crippen molar-refractivity contribution in [3.63, 3.8) is 0 Å². The molecule has 2 rings (SSSR count). The summed E-state index contributed by atoms with van der Waals surface area (Å²) in [5, 5.41) is 16.3. The van der Waals surface area contributed by atoms with Gasteiger partial charge < -0.3 is 10.0 Å². The van der Waals surface area contributed by atoms with Crippen LogP contribution in [0.25, 0.3) is 10.9 Å². The Bertz CT molecular complexity index is 606. The van der Waals surface area contributed by atoms with Gasteiger partial charge in [0.15, 0.2) is 0 Å². The topological polar surface area (TPSA) is 86.3 Å². The first-order valence-corrected chi connectivity index (χ1v) is 6.06. The molecule has 6 heteroatoms. The van der Waals surface area contributed by atoms with Crippen LogP contribution in [0.15, 0.2) is 24.4 Å². The lowest BCUT2D eigenvalue weighted by Crippen LogP contribution is -2.32. The Hall–Kier alpha value is -2.37. The van der Waals surface area contributed by atoms with Crippen LogP contribution in [0.2, 0.25) is 0 Å². The number of rotatable bonds is 5. The van der Waals surface area contributed by atoms with Crippen LogP contribution in [0.5, 0.6) is 0 Å². The molecule has 2 N–H and O–H groups in total. The van der Waals surface area contributed by atoms with Crippen LogP contribution in [-0.2, 0) is 4.79 Å². The van der Waals surface area contributed by atoms with E-state index in [1.807, 2.05) is 13.0 Å². The first-order valence-electron chi connectivity index (χ1n) is 6.06. The van der Waals surface area contributed by atoms with Gasteiger partial charge >= 0.3 is 5.97 Å². The van der Waals surface area contributed by atoms with Gasteiger partial charge in [-0.3, -0.25) is 14.7 Å². The molecule has 0 saturated carbocycles. The van der Waals surface area contributed by atoms with Gasteiger partial charge in [-0.05, 0) is 19.1 Å². The fraction of sp³-hybridized carbons (Fsp3) is 0.308. The van der Waals surface area contributed by atoms with E-state index in [1.165, 1.54) is 4.90 Å². The largest absolute Gasteiger partial charge is 0.481 e. The second-order valence-corrected chi connectivity index (χ2v) is 4.20. The normalized spacial score (nSPS) is 10.6.